The lowest BCUT2D eigenvalue weighted by atomic mass is 9.89. The molecule has 2 bridgehead atoms. The van der Waals surface area contributed by atoms with Crippen LogP contribution in [0.15, 0.2) is 30.6 Å². The Balaban J connectivity index is 1.14. The number of benzene rings is 1. The highest BCUT2D eigenvalue weighted by Gasteiger charge is 2.43. The summed E-state index contributed by atoms with van der Waals surface area (Å²) in [5, 5.41) is 7.35. The molecule has 1 amide bonds. The molecule has 1 N–H and O–H groups in total. The lowest BCUT2D eigenvalue weighted by molar-refractivity contribution is -0.353. The van der Waals surface area contributed by atoms with Crippen molar-refractivity contribution in [2.75, 3.05) is 24.7 Å². The highest BCUT2D eigenvalue weighted by atomic mass is 35.5. The molecule has 2 aliphatic heterocycles. The monoisotopic (exact) mass is 532 g/mol. The van der Waals surface area contributed by atoms with Crippen molar-refractivity contribution in [2.24, 2.45) is 0 Å². The van der Waals surface area contributed by atoms with Crippen molar-refractivity contribution in [1.29, 1.82) is 0 Å². The van der Waals surface area contributed by atoms with E-state index in [1.165, 1.54) is 12.1 Å². The van der Waals surface area contributed by atoms with Gasteiger partial charge in [0, 0.05) is 18.3 Å². The topological polar surface area (TPSA) is 77.9 Å². The van der Waals surface area contributed by atoms with E-state index in [4.69, 9.17) is 21.1 Å². The van der Waals surface area contributed by atoms with E-state index in [2.05, 4.69) is 20.1 Å². The molecule has 3 heterocycles. The number of hydrogen-bond donors (Lipinski definition) is 1. The Bertz CT molecular complexity index is 1080. The first-order valence-corrected chi connectivity index (χ1v) is 12.0. The number of amides is 1. The Morgan fingerprint density at radius 1 is 1.17 bits per heavy atom. The third-order valence-electron chi connectivity index (χ3n) is 6.78. The molecular weight excluding hydrogens is 508 g/mol. The van der Waals surface area contributed by atoms with Crippen LogP contribution >= 0.6 is 11.6 Å². The summed E-state index contributed by atoms with van der Waals surface area (Å²) in [5.74, 6) is -0.715. The van der Waals surface area contributed by atoms with Crippen molar-refractivity contribution in [2.45, 2.75) is 62.3 Å². The van der Waals surface area contributed by atoms with Crippen molar-refractivity contribution in [3.63, 3.8) is 0 Å². The molecule has 0 unspecified atom stereocenters. The molecule has 3 aliphatic rings. The van der Waals surface area contributed by atoms with Crippen LogP contribution in [-0.4, -0.2) is 66.1 Å². The van der Waals surface area contributed by atoms with Crippen LogP contribution in [0.3, 0.4) is 0 Å². The third-order valence-corrected chi connectivity index (χ3v) is 7.08. The summed E-state index contributed by atoms with van der Waals surface area (Å²) in [5.41, 5.74) is 0.881. The number of alkyl halides is 3. The molecule has 36 heavy (non-hydrogen) atoms. The third kappa shape index (κ3) is 5.70. The van der Waals surface area contributed by atoms with Gasteiger partial charge in [-0.2, -0.15) is 5.10 Å². The SMILES string of the molecule is O=C(COc1ccc(Cl)c(F)c1)N[C@@H]1C[C@H]2COC[C@@H](C1)N2c1cnn([C@H]2C[C@@H](OC(F)(F)F)C2)c1. The minimum absolute atomic E-state index is 0.00873. The van der Waals surface area contributed by atoms with Crippen LogP contribution in [0, 0.1) is 5.82 Å². The molecule has 2 saturated heterocycles. The minimum Gasteiger partial charge on any atom is -0.484 e. The largest absolute Gasteiger partial charge is 0.522 e. The standard InChI is InChI=1S/C23H25ClF4N4O4/c24-20-2-1-18(7-21(20)25)35-12-22(33)30-13-3-15-10-34-11-16(4-13)32(15)17-8-29-31(9-17)14-5-19(6-14)36-23(26,27)28/h1-2,7-9,13-16,19H,3-6,10-12H2,(H,30,33)/t13-,14-,15+,16-,19+. The average molecular weight is 533 g/mol. The number of nitrogens with one attached hydrogen (secondary N) is 1. The fourth-order valence-electron chi connectivity index (χ4n) is 5.14. The molecule has 8 nitrogen and oxygen atoms in total. The van der Waals surface area contributed by atoms with Crippen LogP contribution in [-0.2, 0) is 14.3 Å². The molecule has 1 aliphatic carbocycles. The number of anilines is 1. The van der Waals surface area contributed by atoms with Gasteiger partial charge in [0.15, 0.2) is 6.61 Å². The summed E-state index contributed by atoms with van der Waals surface area (Å²) >= 11 is 5.66. The van der Waals surface area contributed by atoms with Gasteiger partial charge in [-0.05, 0) is 37.8 Å². The van der Waals surface area contributed by atoms with E-state index >= 15 is 0 Å². The van der Waals surface area contributed by atoms with Gasteiger partial charge >= 0.3 is 6.36 Å². The van der Waals surface area contributed by atoms with Crippen LogP contribution in [0.4, 0.5) is 23.2 Å². The zero-order valence-corrected chi connectivity index (χ0v) is 19.8. The van der Waals surface area contributed by atoms with E-state index in [1.54, 1.807) is 10.9 Å². The first-order chi connectivity index (χ1) is 17.1. The molecule has 1 aromatic carbocycles. The second kappa shape index (κ2) is 10.1. The van der Waals surface area contributed by atoms with Crippen molar-refractivity contribution < 1.29 is 36.6 Å². The first kappa shape index (κ1) is 25.1. The van der Waals surface area contributed by atoms with Gasteiger partial charge in [-0.3, -0.25) is 14.2 Å². The van der Waals surface area contributed by atoms with Crippen LogP contribution < -0.4 is 15.0 Å². The number of hydrogen-bond acceptors (Lipinski definition) is 6. The van der Waals surface area contributed by atoms with Gasteiger partial charge in [-0.25, -0.2) is 4.39 Å². The summed E-state index contributed by atoms with van der Waals surface area (Å²) in [6.07, 6.45) is -0.0641. The number of ether oxygens (including phenoxy) is 3. The Morgan fingerprint density at radius 3 is 2.56 bits per heavy atom. The molecule has 0 spiro atoms. The summed E-state index contributed by atoms with van der Waals surface area (Å²) in [4.78, 5) is 14.7. The second-order valence-corrected chi connectivity index (χ2v) is 9.75. The average Bonchev–Trinajstić information content (AvgIpc) is 3.25. The van der Waals surface area contributed by atoms with Crippen LogP contribution in [0.1, 0.15) is 31.7 Å². The maximum atomic E-state index is 13.5. The number of halogens is 5. The van der Waals surface area contributed by atoms with E-state index < -0.39 is 18.3 Å². The summed E-state index contributed by atoms with van der Waals surface area (Å²) in [6, 6.07) is 3.79. The summed E-state index contributed by atoms with van der Waals surface area (Å²) in [7, 11) is 0. The molecule has 13 heteroatoms. The summed E-state index contributed by atoms with van der Waals surface area (Å²) in [6.45, 7) is 0.722. The molecule has 3 atom stereocenters. The Morgan fingerprint density at radius 2 is 1.89 bits per heavy atom. The predicted octanol–water partition coefficient (Wildman–Crippen LogP) is 3.85. The highest BCUT2D eigenvalue weighted by molar-refractivity contribution is 6.30. The number of carbonyl (C=O) groups excluding carboxylic acids is 1. The number of piperidine rings is 1. The lowest BCUT2D eigenvalue weighted by Gasteiger charge is -2.49. The van der Waals surface area contributed by atoms with E-state index in [-0.39, 0.29) is 60.3 Å². The van der Waals surface area contributed by atoms with Crippen molar-refractivity contribution in [1.82, 2.24) is 15.1 Å². The number of fused-ring (bicyclic) bond motifs is 2. The van der Waals surface area contributed by atoms with Crippen molar-refractivity contribution in [3.8, 4) is 5.75 Å². The zero-order valence-electron chi connectivity index (χ0n) is 19.1. The van der Waals surface area contributed by atoms with Gasteiger partial charge in [0.2, 0.25) is 0 Å². The minimum atomic E-state index is -4.62. The van der Waals surface area contributed by atoms with Gasteiger partial charge in [-0.1, -0.05) is 11.6 Å². The van der Waals surface area contributed by atoms with E-state index in [0.717, 1.165) is 11.8 Å². The van der Waals surface area contributed by atoms with E-state index in [9.17, 15) is 22.4 Å². The lowest BCUT2D eigenvalue weighted by Crippen LogP contribution is -2.61. The number of rotatable bonds is 7. The maximum absolute atomic E-state index is 13.5. The quantitative estimate of drug-likeness (QED) is 0.546. The smallest absolute Gasteiger partial charge is 0.484 e. The van der Waals surface area contributed by atoms with Gasteiger partial charge in [0.1, 0.15) is 11.6 Å². The Kier molecular flexibility index (Phi) is 7.01. The molecule has 1 saturated carbocycles. The molecule has 5 rings (SSSR count). The zero-order chi connectivity index (χ0) is 25.4. The predicted molar refractivity (Wildman–Crippen MR) is 120 cm³/mol. The fourth-order valence-corrected chi connectivity index (χ4v) is 5.26. The van der Waals surface area contributed by atoms with E-state index in [0.29, 0.717) is 26.1 Å². The van der Waals surface area contributed by atoms with Crippen molar-refractivity contribution in [3.05, 3.63) is 41.4 Å². The number of carbonyl (C=O) groups is 1. The molecule has 0 radical (unpaired) electrons. The van der Waals surface area contributed by atoms with E-state index in [1.807, 2.05) is 6.20 Å². The molecular formula is C23H25ClF4N4O4. The number of morpholine rings is 1. The number of nitrogens with zero attached hydrogens (tertiary/aromatic N) is 3. The molecule has 2 aromatic rings. The normalized spacial score (nSPS) is 27.9. The van der Waals surface area contributed by atoms with Crippen LogP contribution in [0.25, 0.3) is 0 Å². The maximum Gasteiger partial charge on any atom is 0.522 e. The molecule has 196 valence electrons. The van der Waals surface area contributed by atoms with Crippen LogP contribution in [0.5, 0.6) is 5.75 Å². The van der Waals surface area contributed by atoms with Gasteiger partial charge in [0.05, 0.1) is 54.4 Å². The Labute approximate surface area is 209 Å². The number of aromatic nitrogens is 2. The fraction of sp³-hybridized carbons (Fsp3) is 0.565. The summed E-state index contributed by atoms with van der Waals surface area (Å²) < 4.78 is 67.6. The first-order valence-electron chi connectivity index (χ1n) is 11.7. The van der Waals surface area contributed by atoms with Crippen molar-refractivity contribution >= 4 is 23.2 Å². The highest BCUT2D eigenvalue weighted by Crippen LogP contribution is 2.39. The van der Waals surface area contributed by atoms with Gasteiger partial charge in [0.25, 0.3) is 5.91 Å². The van der Waals surface area contributed by atoms with Gasteiger partial charge in [-0.15, -0.1) is 13.2 Å². The van der Waals surface area contributed by atoms with Crippen LogP contribution in [0.2, 0.25) is 5.02 Å². The molecule has 1 aromatic heterocycles. The Hall–Kier alpha value is -2.57. The molecule has 3 fully saturated rings. The second-order valence-electron chi connectivity index (χ2n) is 9.34. The van der Waals surface area contributed by atoms with Gasteiger partial charge < -0.3 is 19.7 Å².